The van der Waals surface area contributed by atoms with Crippen molar-refractivity contribution in [3.63, 3.8) is 0 Å². The first-order valence-electron chi connectivity index (χ1n) is 8.50. The van der Waals surface area contributed by atoms with Gasteiger partial charge in [-0.2, -0.15) is 0 Å². The van der Waals surface area contributed by atoms with Crippen molar-refractivity contribution in [1.29, 1.82) is 0 Å². The topological polar surface area (TPSA) is 71.3 Å². The molecular formula is C18H26N4O2. The highest BCUT2D eigenvalue weighted by Gasteiger charge is 2.10. The molecule has 0 unspecified atom stereocenters. The van der Waals surface area contributed by atoms with Crippen LogP contribution in [0.5, 0.6) is 0 Å². The summed E-state index contributed by atoms with van der Waals surface area (Å²) in [6.07, 6.45) is 0.809. The van der Waals surface area contributed by atoms with E-state index in [1.807, 2.05) is 31.2 Å². The van der Waals surface area contributed by atoms with Crippen LogP contribution in [0.2, 0.25) is 0 Å². The van der Waals surface area contributed by atoms with E-state index < -0.39 is 0 Å². The van der Waals surface area contributed by atoms with E-state index in [-0.39, 0.29) is 5.91 Å². The lowest BCUT2D eigenvalue weighted by Gasteiger charge is -2.17. The van der Waals surface area contributed by atoms with E-state index in [9.17, 15) is 4.79 Å². The molecule has 0 radical (unpaired) electrons. The molecule has 0 fully saturated rings. The highest BCUT2D eigenvalue weighted by atomic mass is 16.4. The summed E-state index contributed by atoms with van der Waals surface area (Å²) < 4.78 is 5.63. The molecule has 1 heterocycles. The van der Waals surface area contributed by atoms with E-state index in [4.69, 9.17) is 4.42 Å². The van der Waals surface area contributed by atoms with Crippen LogP contribution in [0.25, 0.3) is 11.5 Å². The molecule has 130 valence electrons. The van der Waals surface area contributed by atoms with Gasteiger partial charge in [0.2, 0.25) is 17.7 Å². The van der Waals surface area contributed by atoms with Gasteiger partial charge in [0.15, 0.2) is 0 Å². The Kier molecular flexibility index (Phi) is 6.93. The standard InChI is InChI=1S/C18H26N4O2/c1-4-22(5-2)13-12-19-16(23)10-11-17-20-21-18(24-17)15-8-6-14(3)7-9-15/h6-9H,4-5,10-13H2,1-3H3,(H,19,23). The van der Waals surface area contributed by atoms with Gasteiger partial charge in [0.05, 0.1) is 0 Å². The lowest BCUT2D eigenvalue weighted by molar-refractivity contribution is -0.121. The van der Waals surface area contributed by atoms with Crippen LogP contribution in [0.1, 0.15) is 31.7 Å². The zero-order valence-electron chi connectivity index (χ0n) is 14.7. The van der Waals surface area contributed by atoms with E-state index in [1.165, 1.54) is 5.56 Å². The number of rotatable bonds is 9. The fourth-order valence-electron chi connectivity index (χ4n) is 2.37. The summed E-state index contributed by atoms with van der Waals surface area (Å²) in [4.78, 5) is 14.1. The summed E-state index contributed by atoms with van der Waals surface area (Å²) in [7, 11) is 0. The lowest BCUT2D eigenvalue weighted by atomic mass is 10.1. The minimum atomic E-state index is 0.0113. The van der Waals surface area contributed by atoms with Crippen molar-refractivity contribution >= 4 is 5.91 Å². The number of carbonyl (C=O) groups is 1. The quantitative estimate of drug-likeness (QED) is 0.764. The van der Waals surface area contributed by atoms with Crippen LogP contribution in [0.3, 0.4) is 0 Å². The molecule has 24 heavy (non-hydrogen) atoms. The van der Waals surface area contributed by atoms with Crippen LogP contribution < -0.4 is 5.32 Å². The maximum Gasteiger partial charge on any atom is 0.247 e. The van der Waals surface area contributed by atoms with Crippen LogP contribution in [-0.4, -0.2) is 47.2 Å². The summed E-state index contributed by atoms with van der Waals surface area (Å²) in [5.41, 5.74) is 2.07. The zero-order valence-corrected chi connectivity index (χ0v) is 14.7. The first kappa shape index (κ1) is 18.1. The number of nitrogens with one attached hydrogen (secondary N) is 1. The van der Waals surface area contributed by atoms with E-state index in [0.717, 1.165) is 25.2 Å². The molecule has 0 aliphatic rings. The van der Waals surface area contributed by atoms with Crippen molar-refractivity contribution in [3.05, 3.63) is 35.7 Å². The first-order chi connectivity index (χ1) is 11.6. The average Bonchev–Trinajstić information content (AvgIpc) is 3.06. The minimum Gasteiger partial charge on any atom is -0.421 e. The fraction of sp³-hybridized carbons (Fsp3) is 0.500. The van der Waals surface area contributed by atoms with Crippen molar-refractivity contribution in [2.24, 2.45) is 0 Å². The van der Waals surface area contributed by atoms with Gasteiger partial charge in [-0.05, 0) is 32.1 Å². The Morgan fingerprint density at radius 1 is 1.17 bits per heavy atom. The second-order valence-corrected chi connectivity index (χ2v) is 5.74. The molecule has 1 aromatic carbocycles. The number of hydrogen-bond acceptors (Lipinski definition) is 5. The predicted molar refractivity (Wildman–Crippen MR) is 93.6 cm³/mol. The Morgan fingerprint density at radius 3 is 2.54 bits per heavy atom. The number of aryl methyl sites for hydroxylation is 2. The number of aromatic nitrogens is 2. The normalized spacial score (nSPS) is 11.0. The van der Waals surface area contributed by atoms with Gasteiger partial charge in [0, 0.05) is 31.5 Å². The molecule has 1 aromatic heterocycles. The Hall–Kier alpha value is -2.21. The Balaban J connectivity index is 1.76. The van der Waals surface area contributed by atoms with Crippen molar-refractivity contribution in [2.75, 3.05) is 26.2 Å². The zero-order chi connectivity index (χ0) is 17.4. The van der Waals surface area contributed by atoms with Gasteiger partial charge in [-0.1, -0.05) is 31.5 Å². The summed E-state index contributed by atoms with van der Waals surface area (Å²) in [5.74, 6) is 0.994. The SMILES string of the molecule is CCN(CC)CCNC(=O)CCc1nnc(-c2ccc(C)cc2)o1. The van der Waals surface area contributed by atoms with Gasteiger partial charge >= 0.3 is 0 Å². The third-order valence-electron chi connectivity index (χ3n) is 3.98. The predicted octanol–water partition coefficient (Wildman–Crippen LogP) is 2.44. The van der Waals surface area contributed by atoms with E-state index in [1.54, 1.807) is 0 Å². The van der Waals surface area contributed by atoms with E-state index >= 15 is 0 Å². The molecular weight excluding hydrogens is 304 g/mol. The molecule has 0 saturated carbocycles. The Bertz CT molecular complexity index is 633. The molecule has 0 spiro atoms. The average molecular weight is 330 g/mol. The highest BCUT2D eigenvalue weighted by molar-refractivity contribution is 5.76. The molecule has 1 amide bonds. The molecule has 0 saturated heterocycles. The molecule has 0 aliphatic heterocycles. The number of benzene rings is 1. The third kappa shape index (κ3) is 5.45. The van der Waals surface area contributed by atoms with E-state index in [0.29, 0.717) is 31.2 Å². The summed E-state index contributed by atoms with van der Waals surface area (Å²) in [6, 6.07) is 7.91. The lowest BCUT2D eigenvalue weighted by Crippen LogP contribution is -2.34. The maximum atomic E-state index is 11.9. The molecule has 2 rings (SSSR count). The van der Waals surface area contributed by atoms with Gasteiger partial charge in [0.25, 0.3) is 0 Å². The first-order valence-corrected chi connectivity index (χ1v) is 8.50. The summed E-state index contributed by atoms with van der Waals surface area (Å²) >= 11 is 0. The number of nitrogens with zero attached hydrogens (tertiary/aromatic N) is 3. The van der Waals surface area contributed by atoms with Gasteiger partial charge < -0.3 is 14.6 Å². The molecule has 6 nitrogen and oxygen atoms in total. The van der Waals surface area contributed by atoms with Crippen molar-refractivity contribution in [2.45, 2.75) is 33.6 Å². The smallest absolute Gasteiger partial charge is 0.247 e. The summed E-state index contributed by atoms with van der Waals surface area (Å²) in [6.45, 7) is 9.79. The van der Waals surface area contributed by atoms with Crippen LogP contribution in [-0.2, 0) is 11.2 Å². The molecule has 1 N–H and O–H groups in total. The van der Waals surface area contributed by atoms with Gasteiger partial charge in [-0.15, -0.1) is 10.2 Å². The molecule has 0 bridgehead atoms. The molecule has 6 heteroatoms. The van der Waals surface area contributed by atoms with Gasteiger partial charge in [-0.25, -0.2) is 0 Å². The van der Waals surface area contributed by atoms with Crippen LogP contribution >= 0.6 is 0 Å². The molecule has 0 atom stereocenters. The second kappa shape index (κ2) is 9.17. The van der Waals surface area contributed by atoms with Crippen molar-refractivity contribution in [1.82, 2.24) is 20.4 Å². The number of likely N-dealkylation sites (N-methyl/N-ethyl adjacent to an activating group) is 1. The van der Waals surface area contributed by atoms with Crippen LogP contribution in [0, 0.1) is 6.92 Å². The van der Waals surface area contributed by atoms with Gasteiger partial charge in [-0.3, -0.25) is 4.79 Å². The molecule has 2 aromatic rings. The van der Waals surface area contributed by atoms with Crippen LogP contribution in [0.4, 0.5) is 0 Å². The number of hydrogen-bond donors (Lipinski definition) is 1. The maximum absolute atomic E-state index is 11.9. The van der Waals surface area contributed by atoms with Crippen LogP contribution in [0.15, 0.2) is 28.7 Å². The third-order valence-corrected chi connectivity index (χ3v) is 3.98. The van der Waals surface area contributed by atoms with E-state index in [2.05, 4.69) is 34.3 Å². The highest BCUT2D eigenvalue weighted by Crippen LogP contribution is 2.18. The van der Waals surface area contributed by atoms with Crippen molar-refractivity contribution in [3.8, 4) is 11.5 Å². The monoisotopic (exact) mass is 330 g/mol. The molecule has 0 aliphatic carbocycles. The minimum absolute atomic E-state index is 0.0113. The number of amides is 1. The van der Waals surface area contributed by atoms with Crippen molar-refractivity contribution < 1.29 is 9.21 Å². The Morgan fingerprint density at radius 2 is 1.88 bits per heavy atom. The van der Waals surface area contributed by atoms with Gasteiger partial charge in [0.1, 0.15) is 0 Å². The second-order valence-electron chi connectivity index (χ2n) is 5.74. The fourth-order valence-corrected chi connectivity index (χ4v) is 2.37. The number of carbonyl (C=O) groups excluding carboxylic acids is 1. The largest absolute Gasteiger partial charge is 0.421 e. The Labute approximate surface area is 143 Å². The summed E-state index contributed by atoms with van der Waals surface area (Å²) in [5, 5.41) is 11.0.